The lowest BCUT2D eigenvalue weighted by atomic mass is 10.3. The number of carbonyl (C=O) groups excluding carboxylic acids is 3. The van der Waals surface area contributed by atoms with Crippen molar-refractivity contribution in [3.05, 3.63) is 51.7 Å². The van der Waals surface area contributed by atoms with Gasteiger partial charge in [-0.05, 0) is 30.5 Å². The molecule has 1 N–H and O–H groups in total. The molecule has 28 heavy (non-hydrogen) atoms. The molecule has 0 aliphatic heterocycles. The average Bonchev–Trinajstić information content (AvgIpc) is 3.38. The van der Waals surface area contributed by atoms with Gasteiger partial charge in [0, 0.05) is 7.05 Å². The predicted octanol–water partition coefficient (Wildman–Crippen LogP) is 2.85. The van der Waals surface area contributed by atoms with Crippen molar-refractivity contribution in [2.45, 2.75) is 13.0 Å². The predicted molar refractivity (Wildman–Crippen MR) is 108 cm³/mol. The van der Waals surface area contributed by atoms with Crippen LogP contribution in [0.15, 0.2) is 41.8 Å². The van der Waals surface area contributed by atoms with E-state index < -0.39 is 5.97 Å². The minimum absolute atomic E-state index is 0.248. The third kappa shape index (κ3) is 4.73. The zero-order valence-corrected chi connectivity index (χ0v) is 17.0. The summed E-state index contributed by atoms with van der Waals surface area (Å²) in [7, 11) is 1.64. The van der Waals surface area contributed by atoms with Gasteiger partial charge in [0.2, 0.25) is 0 Å². The number of benzene rings is 1. The molecule has 0 fully saturated rings. The first-order valence-corrected chi connectivity index (χ1v) is 10.2. The molecule has 146 valence electrons. The summed E-state index contributed by atoms with van der Waals surface area (Å²) >= 11 is 2.80. The molecule has 2 aromatic heterocycles. The van der Waals surface area contributed by atoms with Crippen LogP contribution in [0.2, 0.25) is 0 Å². The maximum atomic E-state index is 12.3. The molecule has 2 heterocycles. The Morgan fingerprint density at radius 1 is 1.21 bits per heavy atom. The molecule has 0 aliphatic rings. The first kappa shape index (κ1) is 20.0. The second-order valence-corrected chi connectivity index (χ2v) is 8.03. The molecule has 1 atom stereocenters. The van der Waals surface area contributed by atoms with Gasteiger partial charge in [0.1, 0.15) is 11.6 Å². The lowest BCUT2D eigenvalue weighted by Gasteiger charge is -2.23. The molecule has 0 unspecified atom stereocenters. The first-order chi connectivity index (χ1) is 13.5. The Balaban J connectivity index is 1.48. The number of amides is 2. The van der Waals surface area contributed by atoms with Crippen molar-refractivity contribution >= 4 is 50.7 Å². The number of aromatic nitrogens is 1. The maximum Gasteiger partial charge on any atom is 0.325 e. The largest absolute Gasteiger partial charge is 0.454 e. The molecular weight excluding hydrogens is 398 g/mol. The summed E-state index contributed by atoms with van der Waals surface area (Å²) in [6.07, 6.45) is 0. The Morgan fingerprint density at radius 3 is 2.71 bits per heavy atom. The fraction of sp³-hybridized carbons (Fsp3) is 0.263. The highest BCUT2D eigenvalue weighted by Crippen LogP contribution is 2.28. The fourth-order valence-corrected chi connectivity index (χ4v) is 4.10. The number of thiazole rings is 1. The van der Waals surface area contributed by atoms with Crippen LogP contribution >= 0.6 is 22.7 Å². The molecule has 1 aromatic carbocycles. The van der Waals surface area contributed by atoms with E-state index in [1.807, 2.05) is 31.2 Å². The van der Waals surface area contributed by atoms with Crippen molar-refractivity contribution in [2.24, 2.45) is 0 Å². The highest BCUT2D eigenvalue weighted by atomic mass is 32.1. The van der Waals surface area contributed by atoms with Crippen LogP contribution in [0.1, 0.15) is 27.6 Å². The van der Waals surface area contributed by atoms with E-state index in [1.165, 1.54) is 27.6 Å². The number of para-hydroxylation sites is 1. The molecule has 0 spiro atoms. The van der Waals surface area contributed by atoms with E-state index >= 15 is 0 Å². The van der Waals surface area contributed by atoms with E-state index in [0.29, 0.717) is 4.88 Å². The second kappa shape index (κ2) is 8.94. The van der Waals surface area contributed by atoms with Gasteiger partial charge in [-0.2, -0.15) is 0 Å². The van der Waals surface area contributed by atoms with E-state index in [9.17, 15) is 14.4 Å². The van der Waals surface area contributed by atoms with E-state index in [4.69, 9.17) is 4.74 Å². The number of esters is 1. The van der Waals surface area contributed by atoms with Gasteiger partial charge in [-0.25, -0.2) is 4.98 Å². The van der Waals surface area contributed by atoms with Crippen LogP contribution in [0.4, 0.5) is 0 Å². The number of carbonyl (C=O) groups is 3. The monoisotopic (exact) mass is 417 g/mol. The standard InChI is InChI=1S/C19H19N3O4S2/c1-12(19-21-13-6-3-4-7-14(13)28-19)22(2)16(23)11-26-17(24)10-20-18(25)15-8-5-9-27-15/h3-9,12H,10-11H2,1-2H3,(H,20,25)/t12-/m0/s1. The minimum atomic E-state index is -0.667. The molecule has 0 aliphatic carbocycles. The summed E-state index contributed by atoms with van der Waals surface area (Å²) in [5.74, 6) is -1.36. The Hall–Kier alpha value is -2.78. The van der Waals surface area contributed by atoms with Gasteiger partial charge >= 0.3 is 5.97 Å². The number of hydrogen-bond donors (Lipinski definition) is 1. The topological polar surface area (TPSA) is 88.6 Å². The Morgan fingerprint density at radius 2 is 2.00 bits per heavy atom. The third-order valence-electron chi connectivity index (χ3n) is 4.14. The number of nitrogens with zero attached hydrogens (tertiary/aromatic N) is 2. The summed E-state index contributed by atoms with van der Waals surface area (Å²) in [4.78, 5) is 42.5. The second-order valence-electron chi connectivity index (χ2n) is 6.02. The van der Waals surface area contributed by atoms with Crippen LogP contribution in [-0.2, 0) is 14.3 Å². The number of hydrogen-bond acceptors (Lipinski definition) is 7. The Labute approximate surface area is 169 Å². The van der Waals surface area contributed by atoms with E-state index in [1.54, 1.807) is 24.6 Å². The van der Waals surface area contributed by atoms with Crippen LogP contribution in [-0.4, -0.2) is 47.9 Å². The van der Waals surface area contributed by atoms with Crippen molar-refractivity contribution in [3.8, 4) is 0 Å². The van der Waals surface area contributed by atoms with Crippen molar-refractivity contribution in [1.82, 2.24) is 15.2 Å². The van der Waals surface area contributed by atoms with Gasteiger partial charge in [0.15, 0.2) is 6.61 Å². The van der Waals surface area contributed by atoms with Crippen molar-refractivity contribution < 1.29 is 19.1 Å². The number of likely N-dealkylation sites (N-methyl/N-ethyl adjacent to an activating group) is 1. The molecule has 0 radical (unpaired) electrons. The van der Waals surface area contributed by atoms with Crippen LogP contribution in [0.5, 0.6) is 0 Å². The van der Waals surface area contributed by atoms with Crippen molar-refractivity contribution in [1.29, 1.82) is 0 Å². The van der Waals surface area contributed by atoms with Crippen LogP contribution in [0.25, 0.3) is 10.2 Å². The van der Waals surface area contributed by atoms with Crippen LogP contribution in [0, 0.1) is 0 Å². The number of rotatable bonds is 7. The number of ether oxygens (including phenoxy) is 1. The molecule has 3 rings (SSSR count). The normalized spacial score (nSPS) is 11.8. The lowest BCUT2D eigenvalue weighted by Crippen LogP contribution is -2.35. The smallest absolute Gasteiger partial charge is 0.325 e. The van der Waals surface area contributed by atoms with Gasteiger partial charge in [-0.3, -0.25) is 14.4 Å². The molecule has 2 amide bonds. The van der Waals surface area contributed by atoms with Gasteiger partial charge in [-0.1, -0.05) is 18.2 Å². The van der Waals surface area contributed by atoms with Crippen LogP contribution < -0.4 is 5.32 Å². The third-order valence-corrected chi connectivity index (χ3v) is 6.21. The van der Waals surface area contributed by atoms with E-state index in [0.717, 1.165) is 15.2 Å². The summed E-state index contributed by atoms with van der Waals surface area (Å²) in [6.45, 7) is 1.19. The SMILES string of the molecule is C[C@@H](c1nc2ccccc2s1)N(C)C(=O)COC(=O)CNC(=O)c1cccs1. The Bertz CT molecular complexity index is 951. The van der Waals surface area contributed by atoms with Crippen molar-refractivity contribution in [3.63, 3.8) is 0 Å². The number of fused-ring (bicyclic) bond motifs is 1. The summed E-state index contributed by atoms with van der Waals surface area (Å²) in [5, 5.41) is 5.05. The van der Waals surface area contributed by atoms with Crippen molar-refractivity contribution in [2.75, 3.05) is 20.2 Å². The fourth-order valence-electron chi connectivity index (χ4n) is 2.39. The number of thiophene rings is 1. The Kier molecular flexibility index (Phi) is 6.37. The summed E-state index contributed by atoms with van der Waals surface area (Å²) in [6, 6.07) is 10.9. The zero-order valence-electron chi connectivity index (χ0n) is 15.4. The molecular formula is C19H19N3O4S2. The van der Waals surface area contributed by atoms with E-state index in [2.05, 4.69) is 10.3 Å². The molecule has 0 saturated carbocycles. The van der Waals surface area contributed by atoms with Gasteiger partial charge in [0.25, 0.3) is 11.8 Å². The quantitative estimate of drug-likeness (QED) is 0.597. The van der Waals surface area contributed by atoms with E-state index in [-0.39, 0.29) is 31.0 Å². The molecule has 0 bridgehead atoms. The summed E-state index contributed by atoms with van der Waals surface area (Å²) < 4.78 is 6.03. The zero-order chi connectivity index (χ0) is 20.1. The highest BCUT2D eigenvalue weighted by Gasteiger charge is 2.22. The molecule has 0 saturated heterocycles. The summed E-state index contributed by atoms with van der Waals surface area (Å²) in [5.41, 5.74) is 0.892. The minimum Gasteiger partial charge on any atom is -0.454 e. The molecule has 7 nitrogen and oxygen atoms in total. The average molecular weight is 418 g/mol. The first-order valence-electron chi connectivity index (χ1n) is 8.54. The molecule has 9 heteroatoms. The number of nitrogens with one attached hydrogen (secondary N) is 1. The van der Waals surface area contributed by atoms with Gasteiger partial charge in [-0.15, -0.1) is 22.7 Å². The van der Waals surface area contributed by atoms with Crippen LogP contribution in [0.3, 0.4) is 0 Å². The maximum absolute atomic E-state index is 12.3. The highest BCUT2D eigenvalue weighted by molar-refractivity contribution is 7.18. The lowest BCUT2D eigenvalue weighted by molar-refractivity contribution is -0.151. The molecule has 3 aromatic rings. The van der Waals surface area contributed by atoms with Gasteiger partial charge in [0.05, 0.1) is 21.1 Å². The van der Waals surface area contributed by atoms with Gasteiger partial charge < -0.3 is 15.0 Å².